The van der Waals surface area contributed by atoms with Gasteiger partial charge in [0.25, 0.3) is 11.8 Å². The van der Waals surface area contributed by atoms with E-state index in [1.54, 1.807) is 30.3 Å². The van der Waals surface area contributed by atoms with Gasteiger partial charge in [0.2, 0.25) is 0 Å². The lowest BCUT2D eigenvalue weighted by Gasteiger charge is -2.10. The Labute approximate surface area is 169 Å². The Morgan fingerprint density at radius 1 is 0.931 bits per heavy atom. The fourth-order valence-corrected chi connectivity index (χ4v) is 2.81. The van der Waals surface area contributed by atoms with E-state index < -0.39 is 0 Å². The molecule has 0 aliphatic heterocycles. The number of aryl methyl sites for hydroxylation is 2. The zero-order valence-electron chi connectivity index (χ0n) is 16.3. The average Bonchev–Trinajstić information content (AvgIpc) is 2.72. The number of anilines is 1. The minimum absolute atomic E-state index is 0.164. The number of benzene rings is 2. The Morgan fingerprint density at radius 2 is 1.62 bits per heavy atom. The smallest absolute Gasteiger partial charge is 0.274 e. The van der Waals surface area contributed by atoms with E-state index in [0.29, 0.717) is 18.7 Å². The van der Waals surface area contributed by atoms with Gasteiger partial charge in [0.1, 0.15) is 17.2 Å². The highest BCUT2D eigenvalue weighted by Gasteiger charge is 2.13. The van der Waals surface area contributed by atoms with Crippen LogP contribution in [0.5, 0.6) is 0 Å². The molecule has 0 spiro atoms. The molecule has 2 aromatic carbocycles. The van der Waals surface area contributed by atoms with Crippen LogP contribution in [0.4, 0.5) is 10.1 Å². The fourth-order valence-electron chi connectivity index (χ4n) is 2.81. The third kappa shape index (κ3) is 5.48. The summed E-state index contributed by atoms with van der Waals surface area (Å²) in [4.78, 5) is 29.1. The number of hydrogen-bond acceptors (Lipinski definition) is 3. The molecule has 5 nitrogen and oxygen atoms in total. The fraction of sp³-hybridized carbons (Fsp3) is 0.174. The SMILES string of the molecule is Cc1ccc(C)c(NC(=O)c2cccc(C(=O)NCCc3ccc(F)cc3)n2)c1. The van der Waals surface area contributed by atoms with Crippen LogP contribution in [0.15, 0.2) is 60.7 Å². The summed E-state index contributed by atoms with van der Waals surface area (Å²) >= 11 is 0. The van der Waals surface area contributed by atoms with Gasteiger partial charge in [-0.25, -0.2) is 9.37 Å². The predicted molar refractivity (Wildman–Crippen MR) is 111 cm³/mol. The number of halogens is 1. The summed E-state index contributed by atoms with van der Waals surface area (Å²) < 4.78 is 12.9. The van der Waals surface area contributed by atoms with Gasteiger partial charge in [-0.2, -0.15) is 0 Å². The molecular weight excluding hydrogens is 369 g/mol. The first-order chi connectivity index (χ1) is 13.9. The number of aromatic nitrogens is 1. The Morgan fingerprint density at radius 3 is 2.34 bits per heavy atom. The monoisotopic (exact) mass is 391 g/mol. The Kier molecular flexibility index (Phi) is 6.34. The van der Waals surface area contributed by atoms with Crippen LogP contribution >= 0.6 is 0 Å². The molecule has 6 heteroatoms. The Bertz CT molecular complexity index is 1030. The first kappa shape index (κ1) is 20.2. The zero-order chi connectivity index (χ0) is 20.8. The molecule has 3 rings (SSSR count). The lowest BCUT2D eigenvalue weighted by atomic mass is 10.1. The van der Waals surface area contributed by atoms with Crippen molar-refractivity contribution in [1.29, 1.82) is 0 Å². The highest BCUT2D eigenvalue weighted by Crippen LogP contribution is 2.17. The van der Waals surface area contributed by atoms with E-state index in [0.717, 1.165) is 16.7 Å². The van der Waals surface area contributed by atoms with Crippen molar-refractivity contribution < 1.29 is 14.0 Å². The van der Waals surface area contributed by atoms with Gasteiger partial charge >= 0.3 is 0 Å². The van der Waals surface area contributed by atoms with Crippen molar-refractivity contribution in [2.75, 3.05) is 11.9 Å². The molecule has 0 atom stereocenters. The maximum absolute atomic E-state index is 12.9. The van der Waals surface area contributed by atoms with Gasteiger partial charge in [0, 0.05) is 12.2 Å². The normalized spacial score (nSPS) is 10.4. The number of nitrogens with one attached hydrogen (secondary N) is 2. The van der Waals surface area contributed by atoms with Crippen LogP contribution in [0.1, 0.15) is 37.7 Å². The van der Waals surface area contributed by atoms with Gasteiger partial charge in [-0.15, -0.1) is 0 Å². The van der Waals surface area contributed by atoms with Gasteiger partial charge in [0.05, 0.1) is 0 Å². The lowest BCUT2D eigenvalue weighted by molar-refractivity contribution is 0.0949. The van der Waals surface area contributed by atoms with Gasteiger partial charge in [-0.05, 0) is 67.3 Å². The summed E-state index contributed by atoms with van der Waals surface area (Å²) in [5.41, 5.74) is 3.94. The molecular formula is C23H22FN3O2. The van der Waals surface area contributed by atoms with Crippen molar-refractivity contribution in [2.45, 2.75) is 20.3 Å². The van der Waals surface area contributed by atoms with E-state index in [1.807, 2.05) is 32.0 Å². The summed E-state index contributed by atoms with van der Waals surface area (Å²) in [6.07, 6.45) is 0.568. The molecule has 0 aliphatic rings. The summed E-state index contributed by atoms with van der Waals surface area (Å²) in [6, 6.07) is 16.7. The minimum atomic E-state index is -0.375. The number of hydrogen-bond donors (Lipinski definition) is 2. The molecule has 1 aromatic heterocycles. The molecule has 0 aliphatic carbocycles. The Balaban J connectivity index is 1.62. The topological polar surface area (TPSA) is 71.1 Å². The first-order valence-electron chi connectivity index (χ1n) is 9.30. The second-order valence-corrected chi connectivity index (χ2v) is 6.81. The summed E-state index contributed by atoms with van der Waals surface area (Å²) in [6.45, 7) is 4.24. The maximum Gasteiger partial charge on any atom is 0.274 e. The van der Waals surface area contributed by atoms with Gasteiger partial charge in [-0.1, -0.05) is 30.3 Å². The van der Waals surface area contributed by atoms with Crippen molar-refractivity contribution in [3.63, 3.8) is 0 Å². The standard InChI is InChI=1S/C23H22FN3O2/c1-15-6-7-16(2)21(14-15)27-23(29)20-5-3-4-19(26-20)22(28)25-13-12-17-8-10-18(24)11-9-17/h3-11,14H,12-13H2,1-2H3,(H,25,28)(H,27,29). The molecule has 148 valence electrons. The van der Waals surface area contributed by atoms with Crippen molar-refractivity contribution in [1.82, 2.24) is 10.3 Å². The molecule has 0 saturated carbocycles. The second-order valence-electron chi connectivity index (χ2n) is 6.81. The predicted octanol–water partition coefficient (Wildman–Crippen LogP) is 4.06. The van der Waals surface area contributed by atoms with Gasteiger partial charge in [0.15, 0.2) is 0 Å². The number of amides is 2. The summed E-state index contributed by atoms with van der Waals surface area (Å²) in [7, 11) is 0. The molecule has 0 saturated heterocycles. The van der Waals surface area contributed by atoms with E-state index in [1.165, 1.54) is 12.1 Å². The molecule has 1 heterocycles. The molecule has 0 bridgehead atoms. The van der Waals surface area contributed by atoms with E-state index >= 15 is 0 Å². The second kappa shape index (κ2) is 9.10. The molecule has 0 unspecified atom stereocenters. The first-order valence-corrected chi connectivity index (χ1v) is 9.30. The largest absolute Gasteiger partial charge is 0.350 e. The highest BCUT2D eigenvalue weighted by atomic mass is 19.1. The third-order valence-corrected chi connectivity index (χ3v) is 4.47. The van der Waals surface area contributed by atoms with Crippen LogP contribution in [-0.2, 0) is 6.42 Å². The van der Waals surface area contributed by atoms with E-state index in [4.69, 9.17) is 0 Å². The van der Waals surface area contributed by atoms with Crippen molar-refractivity contribution in [2.24, 2.45) is 0 Å². The zero-order valence-corrected chi connectivity index (χ0v) is 16.3. The molecule has 0 fully saturated rings. The van der Waals surface area contributed by atoms with Crippen LogP contribution in [0, 0.1) is 19.7 Å². The lowest BCUT2D eigenvalue weighted by Crippen LogP contribution is -2.27. The Hall–Kier alpha value is -3.54. The number of carbonyl (C=O) groups is 2. The van der Waals surface area contributed by atoms with Crippen LogP contribution in [0.25, 0.3) is 0 Å². The molecule has 29 heavy (non-hydrogen) atoms. The minimum Gasteiger partial charge on any atom is -0.350 e. The number of carbonyl (C=O) groups excluding carboxylic acids is 2. The molecule has 2 N–H and O–H groups in total. The average molecular weight is 391 g/mol. The highest BCUT2D eigenvalue weighted by molar-refractivity contribution is 6.04. The van der Waals surface area contributed by atoms with Crippen molar-refractivity contribution in [3.8, 4) is 0 Å². The number of nitrogens with zero attached hydrogens (tertiary/aromatic N) is 1. The van der Waals surface area contributed by atoms with Crippen LogP contribution < -0.4 is 10.6 Å². The van der Waals surface area contributed by atoms with Crippen LogP contribution in [0.3, 0.4) is 0 Å². The summed E-state index contributed by atoms with van der Waals surface area (Å²) in [5.74, 6) is -1.04. The van der Waals surface area contributed by atoms with Gasteiger partial charge in [-0.3, -0.25) is 9.59 Å². The van der Waals surface area contributed by atoms with E-state index in [9.17, 15) is 14.0 Å². The number of rotatable bonds is 6. The van der Waals surface area contributed by atoms with Crippen molar-refractivity contribution in [3.05, 3.63) is 94.6 Å². The quantitative estimate of drug-likeness (QED) is 0.666. The van der Waals surface area contributed by atoms with Crippen molar-refractivity contribution >= 4 is 17.5 Å². The van der Waals surface area contributed by atoms with E-state index in [2.05, 4.69) is 15.6 Å². The third-order valence-electron chi connectivity index (χ3n) is 4.47. The molecule has 0 radical (unpaired) electrons. The molecule has 2 amide bonds. The molecule has 3 aromatic rings. The van der Waals surface area contributed by atoms with Crippen LogP contribution in [-0.4, -0.2) is 23.3 Å². The maximum atomic E-state index is 12.9. The summed E-state index contributed by atoms with van der Waals surface area (Å²) in [5, 5.41) is 5.61. The van der Waals surface area contributed by atoms with Crippen LogP contribution in [0.2, 0.25) is 0 Å². The van der Waals surface area contributed by atoms with E-state index in [-0.39, 0.29) is 29.0 Å². The van der Waals surface area contributed by atoms with Gasteiger partial charge < -0.3 is 10.6 Å². The number of pyridine rings is 1.